The average Bonchev–Trinajstić information content (AvgIpc) is 2.39. The molecule has 0 radical (unpaired) electrons. The van der Waals surface area contributed by atoms with Crippen molar-refractivity contribution >= 4 is 12.0 Å². The number of nitrogens with one attached hydrogen (secondary N) is 2. The number of halogens is 1. The summed E-state index contributed by atoms with van der Waals surface area (Å²) in [5.74, 6) is -1.25. The summed E-state index contributed by atoms with van der Waals surface area (Å²) < 4.78 is 13.4. The summed E-state index contributed by atoms with van der Waals surface area (Å²) in [5, 5.41) is 14.0. The van der Waals surface area contributed by atoms with Gasteiger partial charge in [-0.3, -0.25) is 4.79 Å². The summed E-state index contributed by atoms with van der Waals surface area (Å²) in [5.41, 5.74) is 0.389. The van der Waals surface area contributed by atoms with Gasteiger partial charge in [0, 0.05) is 13.0 Å². The molecule has 22 heavy (non-hydrogen) atoms. The van der Waals surface area contributed by atoms with Crippen LogP contribution in [0.5, 0.6) is 0 Å². The molecule has 0 bridgehead atoms. The minimum Gasteiger partial charge on any atom is -0.481 e. The fraction of sp³-hybridized carbons (Fsp3) is 0.500. The molecule has 5 nitrogen and oxygen atoms in total. The highest BCUT2D eigenvalue weighted by molar-refractivity contribution is 5.74. The molecule has 0 spiro atoms. The van der Waals surface area contributed by atoms with Gasteiger partial charge in [-0.25, -0.2) is 9.18 Å². The standard InChI is InChI=1S/C16H23FN2O3/c1-16(2,3)14(11-6-4-7-12(17)10-11)19-15(22)18-9-5-8-13(20)21/h4,6-7,10,14H,5,8-9H2,1-3H3,(H,20,21)(H2,18,19,22). The van der Waals surface area contributed by atoms with E-state index in [9.17, 15) is 14.0 Å². The molecule has 3 N–H and O–H groups in total. The van der Waals surface area contributed by atoms with Crippen LogP contribution in [-0.4, -0.2) is 23.7 Å². The van der Waals surface area contributed by atoms with Crippen LogP contribution in [0.25, 0.3) is 0 Å². The van der Waals surface area contributed by atoms with Crippen LogP contribution in [0.15, 0.2) is 24.3 Å². The normalized spacial score (nSPS) is 12.5. The van der Waals surface area contributed by atoms with Crippen molar-refractivity contribution in [3.8, 4) is 0 Å². The molecule has 0 saturated carbocycles. The topological polar surface area (TPSA) is 78.4 Å². The average molecular weight is 310 g/mol. The van der Waals surface area contributed by atoms with E-state index in [4.69, 9.17) is 5.11 Å². The lowest BCUT2D eigenvalue weighted by Crippen LogP contribution is -2.42. The Labute approximate surface area is 129 Å². The van der Waals surface area contributed by atoms with Gasteiger partial charge in [-0.2, -0.15) is 0 Å². The van der Waals surface area contributed by atoms with Gasteiger partial charge in [0.1, 0.15) is 5.82 Å². The molecule has 1 aromatic rings. The van der Waals surface area contributed by atoms with E-state index in [1.807, 2.05) is 20.8 Å². The van der Waals surface area contributed by atoms with E-state index >= 15 is 0 Å². The summed E-state index contributed by atoms with van der Waals surface area (Å²) in [7, 11) is 0. The lowest BCUT2D eigenvalue weighted by molar-refractivity contribution is -0.137. The van der Waals surface area contributed by atoms with Gasteiger partial charge in [-0.05, 0) is 29.5 Å². The highest BCUT2D eigenvalue weighted by Crippen LogP contribution is 2.32. The Morgan fingerprint density at radius 3 is 2.55 bits per heavy atom. The van der Waals surface area contributed by atoms with Crippen molar-refractivity contribution in [3.63, 3.8) is 0 Å². The van der Waals surface area contributed by atoms with Gasteiger partial charge >= 0.3 is 12.0 Å². The number of carbonyl (C=O) groups excluding carboxylic acids is 1. The Balaban J connectivity index is 2.67. The van der Waals surface area contributed by atoms with Gasteiger partial charge in [-0.15, -0.1) is 0 Å². The van der Waals surface area contributed by atoms with Crippen molar-refractivity contribution in [1.82, 2.24) is 10.6 Å². The maximum absolute atomic E-state index is 13.4. The van der Waals surface area contributed by atoms with Crippen LogP contribution < -0.4 is 10.6 Å². The molecule has 2 amide bonds. The second-order valence-corrected chi connectivity index (χ2v) is 6.25. The quantitative estimate of drug-likeness (QED) is 0.707. The highest BCUT2D eigenvalue weighted by Gasteiger charge is 2.28. The molecule has 0 aromatic heterocycles. The van der Waals surface area contributed by atoms with Crippen molar-refractivity contribution in [3.05, 3.63) is 35.6 Å². The number of aliphatic carboxylic acids is 1. The molecule has 6 heteroatoms. The molecule has 0 fully saturated rings. The van der Waals surface area contributed by atoms with Crippen molar-refractivity contribution in [2.75, 3.05) is 6.54 Å². The maximum atomic E-state index is 13.4. The van der Waals surface area contributed by atoms with Crippen LogP contribution in [0.3, 0.4) is 0 Å². The number of hydrogen-bond donors (Lipinski definition) is 3. The second kappa shape index (κ2) is 7.77. The highest BCUT2D eigenvalue weighted by atomic mass is 19.1. The van der Waals surface area contributed by atoms with Crippen LogP contribution in [0.4, 0.5) is 9.18 Å². The molecule has 0 aliphatic heterocycles. The number of carboxylic acid groups (broad SMARTS) is 1. The first kappa shape index (κ1) is 17.9. The van der Waals surface area contributed by atoms with E-state index < -0.39 is 12.0 Å². The SMILES string of the molecule is CC(C)(C)C(NC(=O)NCCCC(=O)O)c1cccc(F)c1. The van der Waals surface area contributed by atoms with Gasteiger partial charge < -0.3 is 15.7 Å². The molecule has 1 rings (SSSR count). The van der Waals surface area contributed by atoms with Crippen LogP contribution in [0.2, 0.25) is 0 Å². The van der Waals surface area contributed by atoms with E-state index in [0.29, 0.717) is 12.0 Å². The Kier molecular flexibility index (Phi) is 6.34. The summed E-state index contributed by atoms with van der Waals surface area (Å²) in [6, 6.07) is 5.38. The van der Waals surface area contributed by atoms with Gasteiger partial charge in [-0.1, -0.05) is 32.9 Å². The number of hydrogen-bond acceptors (Lipinski definition) is 2. The first-order chi connectivity index (χ1) is 10.2. The van der Waals surface area contributed by atoms with Gasteiger partial charge in [0.25, 0.3) is 0 Å². The van der Waals surface area contributed by atoms with Gasteiger partial charge in [0.05, 0.1) is 6.04 Å². The van der Waals surface area contributed by atoms with Crippen molar-refractivity contribution in [2.45, 2.75) is 39.7 Å². The number of carboxylic acids is 1. The number of carbonyl (C=O) groups is 2. The van der Waals surface area contributed by atoms with Crippen LogP contribution in [-0.2, 0) is 4.79 Å². The van der Waals surface area contributed by atoms with E-state index in [1.54, 1.807) is 12.1 Å². The monoisotopic (exact) mass is 310 g/mol. The lowest BCUT2D eigenvalue weighted by atomic mass is 9.82. The fourth-order valence-electron chi connectivity index (χ4n) is 2.11. The zero-order valence-corrected chi connectivity index (χ0v) is 13.1. The Morgan fingerprint density at radius 1 is 1.32 bits per heavy atom. The summed E-state index contributed by atoms with van der Waals surface area (Å²) >= 11 is 0. The molecule has 1 aromatic carbocycles. The third-order valence-electron chi connectivity index (χ3n) is 3.18. The minimum atomic E-state index is -0.894. The zero-order valence-electron chi connectivity index (χ0n) is 13.1. The second-order valence-electron chi connectivity index (χ2n) is 6.25. The van der Waals surface area contributed by atoms with E-state index in [1.165, 1.54) is 12.1 Å². The Bertz CT molecular complexity index is 526. The molecule has 0 heterocycles. The summed E-state index contributed by atoms with van der Waals surface area (Å²) in [6.45, 7) is 6.13. The largest absolute Gasteiger partial charge is 0.481 e. The molecule has 0 aliphatic carbocycles. The fourth-order valence-corrected chi connectivity index (χ4v) is 2.11. The van der Waals surface area contributed by atoms with Crippen molar-refractivity contribution in [1.29, 1.82) is 0 Å². The predicted octanol–water partition coefficient (Wildman–Crippen LogP) is 3.08. The van der Waals surface area contributed by atoms with E-state index in [0.717, 1.165) is 0 Å². The molecular formula is C16H23FN2O3. The minimum absolute atomic E-state index is 0.00682. The van der Waals surface area contributed by atoms with Crippen LogP contribution in [0, 0.1) is 11.2 Å². The Morgan fingerprint density at radius 2 is 2.00 bits per heavy atom. The number of rotatable bonds is 6. The third-order valence-corrected chi connectivity index (χ3v) is 3.18. The Hall–Kier alpha value is -2.11. The summed E-state index contributed by atoms with van der Waals surface area (Å²) in [6.07, 6.45) is 0.371. The molecule has 1 unspecified atom stereocenters. The van der Waals surface area contributed by atoms with E-state index in [-0.39, 0.29) is 30.2 Å². The van der Waals surface area contributed by atoms with Gasteiger partial charge in [0.15, 0.2) is 0 Å². The smallest absolute Gasteiger partial charge is 0.315 e. The van der Waals surface area contributed by atoms with Crippen molar-refractivity contribution in [2.24, 2.45) is 5.41 Å². The molecule has 122 valence electrons. The van der Waals surface area contributed by atoms with Crippen molar-refractivity contribution < 1.29 is 19.1 Å². The van der Waals surface area contributed by atoms with E-state index in [2.05, 4.69) is 10.6 Å². The zero-order chi connectivity index (χ0) is 16.8. The van der Waals surface area contributed by atoms with Gasteiger partial charge in [0.2, 0.25) is 0 Å². The first-order valence-electron chi connectivity index (χ1n) is 7.22. The molecule has 1 atom stereocenters. The lowest BCUT2D eigenvalue weighted by Gasteiger charge is -2.32. The van der Waals surface area contributed by atoms with Crippen LogP contribution >= 0.6 is 0 Å². The predicted molar refractivity (Wildman–Crippen MR) is 82.0 cm³/mol. The number of urea groups is 1. The summed E-state index contributed by atoms with van der Waals surface area (Å²) in [4.78, 5) is 22.3. The molecule has 0 aliphatic rings. The number of amides is 2. The molecular weight excluding hydrogens is 287 g/mol. The molecule has 0 saturated heterocycles. The van der Waals surface area contributed by atoms with Crippen LogP contribution in [0.1, 0.15) is 45.2 Å². The first-order valence-corrected chi connectivity index (χ1v) is 7.22. The number of benzene rings is 1. The third kappa shape index (κ3) is 6.11. The maximum Gasteiger partial charge on any atom is 0.315 e.